The molecule has 2 N–H and O–H groups in total. The second-order valence-electron chi connectivity index (χ2n) is 5.10. The Labute approximate surface area is 129 Å². The van der Waals surface area contributed by atoms with Gasteiger partial charge in [-0.15, -0.1) is 0 Å². The molecule has 0 bridgehead atoms. The van der Waals surface area contributed by atoms with Crippen LogP contribution in [0.2, 0.25) is 0 Å². The number of rotatable bonds is 6. The third-order valence-corrected chi connectivity index (χ3v) is 3.51. The van der Waals surface area contributed by atoms with Gasteiger partial charge in [0.2, 0.25) is 0 Å². The highest BCUT2D eigenvalue weighted by molar-refractivity contribution is 5.96. The molecule has 22 heavy (non-hydrogen) atoms. The second-order valence-corrected chi connectivity index (χ2v) is 5.10. The van der Waals surface area contributed by atoms with E-state index >= 15 is 0 Å². The fourth-order valence-corrected chi connectivity index (χ4v) is 2.18. The molecule has 0 heterocycles. The van der Waals surface area contributed by atoms with Gasteiger partial charge in [0.1, 0.15) is 6.04 Å². The summed E-state index contributed by atoms with van der Waals surface area (Å²) in [7, 11) is 0. The first-order valence-electron chi connectivity index (χ1n) is 7.26. The number of aryl methyl sites for hydroxylation is 1. The molecular formula is C18H19NO3. The average Bonchev–Trinajstić information content (AvgIpc) is 2.55. The first-order chi connectivity index (χ1) is 10.6. The number of nitrogens with one attached hydrogen (secondary N) is 1. The van der Waals surface area contributed by atoms with Crippen molar-refractivity contribution in [2.75, 3.05) is 0 Å². The van der Waals surface area contributed by atoms with Crippen LogP contribution in [-0.2, 0) is 17.6 Å². The van der Waals surface area contributed by atoms with E-state index in [1.165, 1.54) is 0 Å². The lowest BCUT2D eigenvalue weighted by Gasteiger charge is -2.15. The van der Waals surface area contributed by atoms with Crippen molar-refractivity contribution in [3.05, 3.63) is 71.3 Å². The summed E-state index contributed by atoms with van der Waals surface area (Å²) in [5.74, 6) is -1.41. The molecule has 0 unspecified atom stereocenters. The van der Waals surface area contributed by atoms with Crippen molar-refractivity contribution < 1.29 is 14.7 Å². The maximum atomic E-state index is 12.2. The van der Waals surface area contributed by atoms with Gasteiger partial charge in [0.05, 0.1) is 0 Å². The van der Waals surface area contributed by atoms with Gasteiger partial charge in [-0.25, -0.2) is 4.79 Å². The zero-order valence-electron chi connectivity index (χ0n) is 12.5. The summed E-state index contributed by atoms with van der Waals surface area (Å²) < 4.78 is 0. The maximum absolute atomic E-state index is 12.2. The number of carboxylic acids is 1. The number of carbonyl (C=O) groups excluding carboxylic acids is 1. The molecule has 0 radical (unpaired) electrons. The predicted octanol–water partition coefficient (Wildman–Crippen LogP) is 2.67. The van der Waals surface area contributed by atoms with Gasteiger partial charge in [0.25, 0.3) is 5.91 Å². The molecule has 1 atom stereocenters. The zero-order valence-corrected chi connectivity index (χ0v) is 12.5. The van der Waals surface area contributed by atoms with E-state index in [1.54, 1.807) is 12.1 Å². The molecule has 0 fully saturated rings. The minimum Gasteiger partial charge on any atom is -0.480 e. The Hall–Kier alpha value is -2.62. The molecule has 0 saturated carbocycles. The van der Waals surface area contributed by atoms with Crippen LogP contribution < -0.4 is 5.32 Å². The van der Waals surface area contributed by atoms with Crippen LogP contribution in [-0.4, -0.2) is 23.0 Å². The van der Waals surface area contributed by atoms with E-state index in [0.29, 0.717) is 5.56 Å². The number of hydrogen-bond acceptors (Lipinski definition) is 2. The normalized spacial score (nSPS) is 11.7. The minimum absolute atomic E-state index is 0.259. The van der Waals surface area contributed by atoms with E-state index < -0.39 is 12.0 Å². The molecule has 0 aliphatic rings. The number of aliphatic carboxylic acids is 1. The molecule has 1 amide bonds. The van der Waals surface area contributed by atoms with E-state index in [4.69, 9.17) is 0 Å². The van der Waals surface area contributed by atoms with Gasteiger partial charge in [-0.1, -0.05) is 49.4 Å². The average molecular weight is 297 g/mol. The highest BCUT2D eigenvalue weighted by Gasteiger charge is 2.21. The largest absolute Gasteiger partial charge is 0.480 e. The fraction of sp³-hybridized carbons (Fsp3) is 0.222. The van der Waals surface area contributed by atoms with Gasteiger partial charge in [0.15, 0.2) is 0 Å². The summed E-state index contributed by atoms with van der Waals surface area (Å²) in [4.78, 5) is 23.5. The van der Waals surface area contributed by atoms with Crippen molar-refractivity contribution in [1.29, 1.82) is 0 Å². The van der Waals surface area contributed by atoms with Crippen LogP contribution in [0.1, 0.15) is 28.4 Å². The molecule has 2 aromatic carbocycles. The standard InChI is InChI=1S/C18H19NO3/c1-2-13-8-10-15(11-9-13)17(20)19-16(18(21)22)12-14-6-4-3-5-7-14/h3-11,16H,2,12H2,1H3,(H,19,20)(H,21,22)/t16-/m0/s1. The number of amides is 1. The molecule has 0 spiro atoms. The van der Waals surface area contributed by atoms with Crippen LogP contribution in [0.5, 0.6) is 0 Å². The lowest BCUT2D eigenvalue weighted by Crippen LogP contribution is -2.42. The molecule has 2 aromatic rings. The molecular weight excluding hydrogens is 278 g/mol. The summed E-state index contributed by atoms with van der Waals surface area (Å²) >= 11 is 0. The Balaban J connectivity index is 2.06. The number of hydrogen-bond donors (Lipinski definition) is 2. The first-order valence-corrected chi connectivity index (χ1v) is 7.26. The minimum atomic E-state index is -1.04. The van der Waals surface area contributed by atoms with Crippen molar-refractivity contribution in [2.24, 2.45) is 0 Å². The molecule has 0 aromatic heterocycles. The maximum Gasteiger partial charge on any atom is 0.326 e. The number of benzene rings is 2. The number of carbonyl (C=O) groups is 2. The summed E-state index contributed by atoms with van der Waals surface area (Å²) in [6, 6.07) is 15.5. The van der Waals surface area contributed by atoms with Gasteiger partial charge in [-0.3, -0.25) is 4.79 Å². The van der Waals surface area contributed by atoms with E-state index in [2.05, 4.69) is 5.32 Å². The fourth-order valence-electron chi connectivity index (χ4n) is 2.18. The van der Waals surface area contributed by atoms with Gasteiger partial charge < -0.3 is 10.4 Å². The van der Waals surface area contributed by atoms with Crippen molar-refractivity contribution in [1.82, 2.24) is 5.32 Å². The zero-order chi connectivity index (χ0) is 15.9. The van der Waals surface area contributed by atoms with Crippen molar-refractivity contribution in [3.8, 4) is 0 Å². The predicted molar refractivity (Wildman–Crippen MR) is 84.9 cm³/mol. The lowest BCUT2D eigenvalue weighted by molar-refractivity contribution is -0.139. The Morgan fingerprint density at radius 2 is 1.64 bits per heavy atom. The van der Waals surface area contributed by atoms with Crippen molar-refractivity contribution in [2.45, 2.75) is 25.8 Å². The van der Waals surface area contributed by atoms with Gasteiger partial charge in [-0.05, 0) is 29.7 Å². The Kier molecular flexibility index (Phi) is 5.31. The summed E-state index contributed by atoms with van der Waals surface area (Å²) in [5, 5.41) is 11.9. The smallest absolute Gasteiger partial charge is 0.326 e. The molecule has 114 valence electrons. The molecule has 4 nitrogen and oxygen atoms in total. The quantitative estimate of drug-likeness (QED) is 0.861. The monoisotopic (exact) mass is 297 g/mol. The van der Waals surface area contributed by atoms with Crippen LogP contribution >= 0.6 is 0 Å². The van der Waals surface area contributed by atoms with Gasteiger partial charge >= 0.3 is 5.97 Å². The Morgan fingerprint density at radius 3 is 2.18 bits per heavy atom. The number of carboxylic acid groups (broad SMARTS) is 1. The van der Waals surface area contributed by atoms with Crippen LogP contribution in [0.4, 0.5) is 0 Å². The molecule has 2 rings (SSSR count). The molecule has 0 aliphatic heterocycles. The van der Waals surface area contributed by atoms with E-state index in [0.717, 1.165) is 17.5 Å². The third-order valence-electron chi connectivity index (χ3n) is 3.51. The lowest BCUT2D eigenvalue weighted by atomic mass is 10.0. The first kappa shape index (κ1) is 15.8. The van der Waals surface area contributed by atoms with E-state index in [-0.39, 0.29) is 12.3 Å². The topological polar surface area (TPSA) is 66.4 Å². The van der Waals surface area contributed by atoms with Crippen molar-refractivity contribution in [3.63, 3.8) is 0 Å². The Bertz CT molecular complexity index is 635. The summed E-state index contributed by atoms with van der Waals surface area (Å²) in [6.45, 7) is 2.04. The Morgan fingerprint density at radius 1 is 1.00 bits per heavy atom. The van der Waals surface area contributed by atoms with Crippen molar-refractivity contribution >= 4 is 11.9 Å². The third kappa shape index (κ3) is 4.19. The molecule has 4 heteroatoms. The van der Waals surface area contributed by atoms with Crippen LogP contribution in [0.15, 0.2) is 54.6 Å². The second kappa shape index (κ2) is 7.41. The van der Waals surface area contributed by atoms with E-state index in [1.807, 2.05) is 49.4 Å². The van der Waals surface area contributed by atoms with Gasteiger partial charge in [-0.2, -0.15) is 0 Å². The van der Waals surface area contributed by atoms with E-state index in [9.17, 15) is 14.7 Å². The summed E-state index contributed by atoms with van der Waals surface area (Å²) in [6.07, 6.45) is 1.16. The molecule has 0 saturated heterocycles. The highest BCUT2D eigenvalue weighted by Crippen LogP contribution is 2.07. The highest BCUT2D eigenvalue weighted by atomic mass is 16.4. The molecule has 0 aliphatic carbocycles. The van der Waals surface area contributed by atoms with Gasteiger partial charge in [0, 0.05) is 12.0 Å². The summed E-state index contributed by atoms with van der Waals surface area (Å²) in [5.41, 5.74) is 2.48. The SMILES string of the molecule is CCc1ccc(C(=O)N[C@@H](Cc2ccccc2)C(=O)O)cc1. The van der Waals surface area contributed by atoms with Crippen LogP contribution in [0.3, 0.4) is 0 Å². The van der Waals surface area contributed by atoms with Crippen LogP contribution in [0.25, 0.3) is 0 Å². The van der Waals surface area contributed by atoms with Crippen LogP contribution in [0, 0.1) is 0 Å².